The van der Waals surface area contributed by atoms with E-state index in [4.69, 9.17) is 4.74 Å². The van der Waals surface area contributed by atoms with E-state index in [1.165, 1.54) is 17.1 Å². The molecule has 0 saturated carbocycles. The second-order valence-electron chi connectivity index (χ2n) is 4.96. The van der Waals surface area contributed by atoms with Gasteiger partial charge in [0.1, 0.15) is 0 Å². The summed E-state index contributed by atoms with van der Waals surface area (Å²) in [7, 11) is 0. The molecule has 0 saturated heterocycles. The predicted octanol–water partition coefficient (Wildman–Crippen LogP) is 2.18. The number of rotatable bonds is 6. The second-order valence-corrected chi connectivity index (χ2v) is 6.05. The maximum absolute atomic E-state index is 12.0. The van der Waals surface area contributed by atoms with Crippen LogP contribution in [0.5, 0.6) is 0 Å². The Hall–Kier alpha value is -1.28. The molecule has 1 amide bonds. The van der Waals surface area contributed by atoms with Crippen LogP contribution in [0.1, 0.15) is 44.0 Å². The van der Waals surface area contributed by atoms with E-state index in [0.717, 1.165) is 12.1 Å². The molecule has 1 aromatic carbocycles. The van der Waals surface area contributed by atoms with Crippen molar-refractivity contribution < 1.29 is 14.3 Å². The van der Waals surface area contributed by atoms with Gasteiger partial charge in [0.15, 0.2) is 0 Å². The van der Waals surface area contributed by atoms with Gasteiger partial charge in [-0.25, -0.2) is 0 Å². The van der Waals surface area contributed by atoms with Crippen LogP contribution in [0.15, 0.2) is 24.3 Å². The summed E-state index contributed by atoms with van der Waals surface area (Å²) < 4.78 is 6.61. The summed E-state index contributed by atoms with van der Waals surface area (Å²) >= 11 is 1.25. The van der Waals surface area contributed by atoms with Crippen molar-refractivity contribution in [1.29, 1.82) is 0 Å². The van der Waals surface area contributed by atoms with Gasteiger partial charge in [-0.1, -0.05) is 0 Å². The van der Waals surface area contributed by atoms with Crippen molar-refractivity contribution in [2.75, 3.05) is 10.4 Å². The molecule has 0 bridgehead atoms. The van der Waals surface area contributed by atoms with Crippen molar-refractivity contribution in [2.45, 2.75) is 33.6 Å². The topological polar surface area (TPSA) is 46.6 Å². The van der Waals surface area contributed by atoms with Gasteiger partial charge in [0.25, 0.3) is 0 Å². The van der Waals surface area contributed by atoms with Gasteiger partial charge in [-0.2, -0.15) is 0 Å². The number of carbonyl (C=O) groups excluding carboxylic acids is 2. The Balaban J connectivity index is 2.67. The predicted molar refractivity (Wildman–Crippen MR) is 82.5 cm³/mol. The molecule has 1 aromatic rings. The van der Waals surface area contributed by atoms with Gasteiger partial charge >= 0.3 is 129 Å². The molecule has 110 valence electrons. The molecule has 5 heteroatoms. The van der Waals surface area contributed by atoms with Crippen LogP contribution < -0.4 is 3.82 Å². The van der Waals surface area contributed by atoms with Gasteiger partial charge in [-0.05, 0) is 0 Å². The molecule has 0 aromatic heterocycles. The zero-order valence-corrected chi connectivity index (χ0v) is 14.7. The first kappa shape index (κ1) is 16.8. The Morgan fingerprint density at radius 2 is 1.85 bits per heavy atom. The van der Waals surface area contributed by atoms with Gasteiger partial charge in [0, 0.05) is 0 Å². The molecular weight excluding hydrogens is 317 g/mol. The van der Waals surface area contributed by atoms with E-state index in [-0.39, 0.29) is 11.9 Å². The van der Waals surface area contributed by atoms with Crippen LogP contribution >= 0.6 is 0 Å². The van der Waals surface area contributed by atoms with Crippen molar-refractivity contribution in [3.05, 3.63) is 29.8 Å². The standard InChI is InChI=1S/C15H22AsNO3/c1-4-20-15(19)12-6-8-13(9-7-12)17(16)14(18)10-5-11(2)3/h6-9,11H,4-5,10,16H2,1-3H3. The van der Waals surface area contributed by atoms with Crippen LogP contribution in [-0.2, 0) is 9.53 Å². The molecular formula is C15H22AsNO3. The van der Waals surface area contributed by atoms with Gasteiger partial charge in [0.2, 0.25) is 0 Å². The van der Waals surface area contributed by atoms with Crippen molar-refractivity contribution in [3.8, 4) is 0 Å². The molecule has 0 aliphatic rings. The summed E-state index contributed by atoms with van der Waals surface area (Å²) in [5, 5.41) is 0. The summed E-state index contributed by atoms with van der Waals surface area (Å²) in [5.41, 5.74) is 1.32. The Bertz CT molecular complexity index is 457. The zero-order valence-electron chi connectivity index (χ0n) is 12.3. The number of ether oxygens (including phenoxy) is 1. The molecule has 0 heterocycles. The van der Waals surface area contributed by atoms with E-state index >= 15 is 0 Å². The Morgan fingerprint density at radius 3 is 2.35 bits per heavy atom. The van der Waals surface area contributed by atoms with E-state index in [0.29, 0.717) is 24.5 Å². The molecule has 4 nitrogen and oxygen atoms in total. The van der Waals surface area contributed by atoms with Gasteiger partial charge in [0.05, 0.1) is 0 Å². The van der Waals surface area contributed by atoms with Crippen LogP contribution in [-0.4, -0.2) is 35.6 Å². The molecule has 0 spiro atoms. The zero-order chi connectivity index (χ0) is 15.1. The Kier molecular flexibility index (Phi) is 6.80. The van der Waals surface area contributed by atoms with Crippen LogP contribution in [0.25, 0.3) is 0 Å². The van der Waals surface area contributed by atoms with Crippen LogP contribution in [0, 0.1) is 5.92 Å². The third kappa shape index (κ3) is 5.01. The number of benzene rings is 1. The molecule has 0 radical (unpaired) electrons. The quantitative estimate of drug-likeness (QED) is 0.590. The number of anilines is 1. The van der Waals surface area contributed by atoms with Crippen LogP contribution in [0.2, 0.25) is 0 Å². The van der Waals surface area contributed by atoms with Crippen molar-refractivity contribution in [3.63, 3.8) is 0 Å². The fourth-order valence-electron chi connectivity index (χ4n) is 1.65. The minimum absolute atomic E-state index is 0.114. The molecule has 0 aliphatic heterocycles. The second kappa shape index (κ2) is 8.11. The third-order valence-electron chi connectivity index (χ3n) is 2.86. The Labute approximate surface area is 129 Å². The van der Waals surface area contributed by atoms with E-state index in [1.807, 2.05) is 0 Å². The number of hydrogen-bond acceptors (Lipinski definition) is 3. The molecule has 20 heavy (non-hydrogen) atoms. The SMILES string of the molecule is CCOC(=O)c1ccc(N([AsH2])C(=O)CCC(C)C)cc1. The first-order valence-corrected chi connectivity index (χ1v) is 7.88. The molecule has 1 atom stereocenters. The fourth-order valence-corrected chi connectivity index (χ4v) is 2.28. The van der Waals surface area contributed by atoms with Crippen LogP contribution in [0.4, 0.5) is 5.69 Å². The molecule has 0 aliphatic carbocycles. The fraction of sp³-hybridized carbons (Fsp3) is 0.467. The summed E-state index contributed by atoms with van der Waals surface area (Å²) in [6.45, 7) is 6.34. The van der Waals surface area contributed by atoms with Gasteiger partial charge in [-0.3, -0.25) is 0 Å². The van der Waals surface area contributed by atoms with E-state index < -0.39 is 0 Å². The van der Waals surface area contributed by atoms with E-state index in [9.17, 15) is 9.59 Å². The number of esters is 1. The maximum atomic E-state index is 12.0. The van der Waals surface area contributed by atoms with E-state index in [2.05, 4.69) is 13.8 Å². The summed E-state index contributed by atoms with van der Waals surface area (Å²) in [5.74, 6) is 0.298. The molecule has 1 rings (SSSR count). The summed E-state index contributed by atoms with van der Waals surface area (Å²) in [4.78, 5) is 23.6. The molecule has 1 unspecified atom stereocenters. The van der Waals surface area contributed by atoms with Crippen molar-refractivity contribution >= 4 is 34.6 Å². The number of carbonyl (C=O) groups is 2. The van der Waals surface area contributed by atoms with Crippen molar-refractivity contribution in [1.82, 2.24) is 0 Å². The number of hydrogen-bond donors (Lipinski definition) is 0. The average Bonchev–Trinajstić information content (AvgIpc) is 2.44. The van der Waals surface area contributed by atoms with E-state index in [1.54, 1.807) is 35.0 Å². The van der Waals surface area contributed by atoms with Crippen LogP contribution in [0.3, 0.4) is 0 Å². The van der Waals surface area contributed by atoms with Gasteiger partial charge in [-0.15, -0.1) is 0 Å². The molecule has 0 N–H and O–H groups in total. The first-order valence-electron chi connectivity index (χ1n) is 6.80. The van der Waals surface area contributed by atoms with Crippen molar-refractivity contribution in [2.24, 2.45) is 5.92 Å². The molecule has 0 fully saturated rings. The first-order chi connectivity index (χ1) is 9.45. The third-order valence-corrected chi connectivity index (χ3v) is 4.09. The minimum atomic E-state index is -0.335. The Morgan fingerprint density at radius 1 is 1.25 bits per heavy atom. The number of amides is 1. The van der Waals surface area contributed by atoms with Gasteiger partial charge < -0.3 is 0 Å². The monoisotopic (exact) mass is 339 g/mol. The summed E-state index contributed by atoms with van der Waals surface area (Å²) in [6.07, 6.45) is 1.44. The normalized spacial score (nSPS) is 10.4. The number of nitrogens with zero attached hydrogens (tertiary/aromatic N) is 1. The average molecular weight is 339 g/mol. The summed E-state index contributed by atoms with van der Waals surface area (Å²) in [6, 6.07) is 6.94.